The van der Waals surface area contributed by atoms with Crippen LogP contribution in [0.2, 0.25) is 0 Å². The van der Waals surface area contributed by atoms with Crippen LogP contribution in [0.15, 0.2) is 29.6 Å². The van der Waals surface area contributed by atoms with Crippen LogP contribution in [0.5, 0.6) is 0 Å². The van der Waals surface area contributed by atoms with Crippen molar-refractivity contribution >= 4 is 17.2 Å². The fourth-order valence-electron chi connectivity index (χ4n) is 3.08. The van der Waals surface area contributed by atoms with Gasteiger partial charge in [-0.05, 0) is 37.5 Å². The highest BCUT2D eigenvalue weighted by atomic mass is 32.1. The average Bonchev–Trinajstić information content (AvgIpc) is 2.99. The van der Waals surface area contributed by atoms with Crippen molar-refractivity contribution in [3.63, 3.8) is 0 Å². The highest BCUT2D eigenvalue weighted by molar-refractivity contribution is 7.09. The van der Waals surface area contributed by atoms with Gasteiger partial charge in [-0.2, -0.15) is 0 Å². The molecule has 7 heteroatoms. The van der Waals surface area contributed by atoms with E-state index in [4.69, 9.17) is 0 Å². The lowest BCUT2D eigenvalue weighted by Gasteiger charge is -2.38. The largest absolute Gasteiger partial charge is 0.379 e. The molecular formula is C18H22FN3O2S. The van der Waals surface area contributed by atoms with Crippen LogP contribution in [0.25, 0.3) is 0 Å². The Kier molecular flexibility index (Phi) is 5.46. The van der Waals surface area contributed by atoms with Crippen molar-refractivity contribution < 1.29 is 14.3 Å². The molecule has 0 bridgehead atoms. The second-order valence-electron chi connectivity index (χ2n) is 6.45. The minimum absolute atomic E-state index is 0.197. The Labute approximate surface area is 150 Å². The monoisotopic (exact) mass is 363 g/mol. The number of carbonyl (C=O) groups is 1. The van der Waals surface area contributed by atoms with E-state index in [1.165, 1.54) is 12.1 Å². The van der Waals surface area contributed by atoms with Crippen LogP contribution in [0, 0.1) is 12.7 Å². The lowest BCUT2D eigenvalue weighted by Crippen LogP contribution is -2.57. The zero-order valence-corrected chi connectivity index (χ0v) is 15.0. The molecule has 1 saturated heterocycles. The fourth-order valence-corrected chi connectivity index (χ4v) is 3.69. The van der Waals surface area contributed by atoms with Gasteiger partial charge in [0.15, 0.2) is 5.60 Å². The van der Waals surface area contributed by atoms with Crippen LogP contribution < -0.4 is 5.32 Å². The van der Waals surface area contributed by atoms with Crippen LogP contribution in [-0.2, 0) is 17.9 Å². The fraction of sp³-hybridized carbons (Fsp3) is 0.444. The molecule has 1 aromatic heterocycles. The number of rotatable bonds is 6. The first-order valence-electron chi connectivity index (χ1n) is 8.34. The van der Waals surface area contributed by atoms with Gasteiger partial charge in [0.1, 0.15) is 5.82 Å². The highest BCUT2D eigenvalue weighted by Crippen LogP contribution is 2.24. The molecule has 1 fully saturated rings. The van der Waals surface area contributed by atoms with Gasteiger partial charge in [-0.15, -0.1) is 11.3 Å². The summed E-state index contributed by atoms with van der Waals surface area (Å²) in [4.78, 5) is 18.7. The Morgan fingerprint density at radius 3 is 2.84 bits per heavy atom. The van der Waals surface area contributed by atoms with Gasteiger partial charge in [0.2, 0.25) is 0 Å². The zero-order chi connectivity index (χ0) is 17.9. The molecule has 0 spiro atoms. The van der Waals surface area contributed by atoms with Crippen LogP contribution in [-0.4, -0.2) is 39.6 Å². The molecule has 2 heterocycles. The van der Waals surface area contributed by atoms with Crippen molar-refractivity contribution in [1.82, 2.24) is 15.2 Å². The molecule has 3 rings (SSSR count). The van der Waals surface area contributed by atoms with Gasteiger partial charge >= 0.3 is 0 Å². The maximum Gasteiger partial charge on any atom is 0.256 e. The number of hydrogen-bond donors (Lipinski definition) is 2. The van der Waals surface area contributed by atoms with E-state index in [1.807, 2.05) is 12.3 Å². The number of aliphatic hydroxyl groups is 1. The van der Waals surface area contributed by atoms with Crippen molar-refractivity contribution in [2.75, 3.05) is 13.1 Å². The molecule has 2 aromatic rings. The molecule has 25 heavy (non-hydrogen) atoms. The number of thiazole rings is 1. The molecule has 2 N–H and O–H groups in total. The number of amides is 1. The maximum absolute atomic E-state index is 13.0. The van der Waals surface area contributed by atoms with Gasteiger partial charge < -0.3 is 15.3 Å². The van der Waals surface area contributed by atoms with Crippen LogP contribution >= 0.6 is 11.3 Å². The average molecular weight is 363 g/mol. The molecule has 0 radical (unpaired) electrons. The van der Waals surface area contributed by atoms with Crippen molar-refractivity contribution in [2.24, 2.45) is 0 Å². The summed E-state index contributed by atoms with van der Waals surface area (Å²) >= 11 is 1.58. The number of piperidine rings is 1. The van der Waals surface area contributed by atoms with Crippen LogP contribution in [0.3, 0.4) is 0 Å². The highest BCUT2D eigenvalue weighted by Gasteiger charge is 2.41. The summed E-state index contributed by atoms with van der Waals surface area (Å²) in [6, 6.07) is 6.10. The normalized spacial score (nSPS) is 20.9. The summed E-state index contributed by atoms with van der Waals surface area (Å²) in [6.07, 6.45) is 1.18. The predicted molar refractivity (Wildman–Crippen MR) is 94.6 cm³/mol. The van der Waals surface area contributed by atoms with Gasteiger partial charge in [-0.25, -0.2) is 9.37 Å². The van der Waals surface area contributed by atoms with Gasteiger partial charge in [-0.1, -0.05) is 12.1 Å². The van der Waals surface area contributed by atoms with Gasteiger partial charge in [0.05, 0.1) is 10.7 Å². The second-order valence-corrected chi connectivity index (χ2v) is 7.51. The molecule has 1 atom stereocenters. The minimum Gasteiger partial charge on any atom is -0.379 e. The molecule has 1 aliphatic heterocycles. The van der Waals surface area contributed by atoms with Gasteiger partial charge in [0.25, 0.3) is 5.91 Å². The molecule has 1 aromatic carbocycles. The first kappa shape index (κ1) is 18.0. The number of likely N-dealkylation sites (tertiary alicyclic amines) is 1. The summed E-state index contributed by atoms with van der Waals surface area (Å²) in [7, 11) is 0. The van der Waals surface area contributed by atoms with Crippen LogP contribution in [0.1, 0.15) is 29.1 Å². The van der Waals surface area contributed by atoms with Gasteiger partial charge in [-0.3, -0.25) is 4.79 Å². The maximum atomic E-state index is 13.0. The molecule has 5 nitrogen and oxygen atoms in total. The first-order valence-corrected chi connectivity index (χ1v) is 9.22. The Morgan fingerprint density at radius 1 is 1.40 bits per heavy atom. The number of halogens is 1. The van der Waals surface area contributed by atoms with E-state index >= 15 is 0 Å². The number of nitrogens with one attached hydrogen (secondary N) is 1. The van der Waals surface area contributed by atoms with Gasteiger partial charge in [0, 0.05) is 31.6 Å². The number of hydrogen-bond acceptors (Lipinski definition) is 5. The van der Waals surface area contributed by atoms with E-state index < -0.39 is 5.60 Å². The lowest BCUT2D eigenvalue weighted by molar-refractivity contribution is -0.157. The van der Waals surface area contributed by atoms with Crippen molar-refractivity contribution in [3.8, 4) is 0 Å². The SMILES string of the molecule is Cc1nc(CNCC2(O)CCCN(Cc3ccc(F)cc3)C2=O)cs1. The third kappa shape index (κ3) is 4.42. The summed E-state index contributed by atoms with van der Waals surface area (Å²) in [5, 5.41) is 16.9. The number of carbonyl (C=O) groups excluding carboxylic acids is 1. The molecule has 1 amide bonds. The Balaban J connectivity index is 1.58. The second kappa shape index (κ2) is 7.59. The Bertz CT molecular complexity index is 734. The third-order valence-corrected chi connectivity index (χ3v) is 5.20. The number of nitrogens with zero attached hydrogens (tertiary/aromatic N) is 2. The smallest absolute Gasteiger partial charge is 0.256 e. The van der Waals surface area contributed by atoms with E-state index in [0.717, 1.165) is 22.7 Å². The zero-order valence-electron chi connectivity index (χ0n) is 14.2. The van der Waals surface area contributed by atoms with Crippen molar-refractivity contribution in [2.45, 2.75) is 38.5 Å². The number of aromatic nitrogens is 1. The van der Waals surface area contributed by atoms with Crippen LogP contribution in [0.4, 0.5) is 4.39 Å². The Hall–Kier alpha value is -1.83. The minimum atomic E-state index is -1.40. The molecule has 134 valence electrons. The van der Waals surface area contributed by atoms with E-state index in [1.54, 1.807) is 28.4 Å². The van der Waals surface area contributed by atoms with Crippen molar-refractivity contribution in [3.05, 3.63) is 51.7 Å². The number of benzene rings is 1. The summed E-state index contributed by atoms with van der Waals surface area (Å²) in [5.74, 6) is -0.572. The standard InChI is InChI=1S/C18H22FN3O2S/c1-13-21-16(11-25-13)9-20-12-18(24)7-2-8-22(17(18)23)10-14-3-5-15(19)6-4-14/h3-6,11,20,24H,2,7-10,12H2,1H3. The summed E-state index contributed by atoms with van der Waals surface area (Å²) < 4.78 is 13.0. The molecular weight excluding hydrogens is 341 g/mol. The first-order chi connectivity index (χ1) is 12.0. The topological polar surface area (TPSA) is 65.5 Å². The third-order valence-electron chi connectivity index (χ3n) is 4.38. The molecule has 1 aliphatic rings. The molecule has 1 unspecified atom stereocenters. The summed E-state index contributed by atoms with van der Waals surface area (Å²) in [5.41, 5.74) is 0.367. The molecule has 0 saturated carbocycles. The Morgan fingerprint density at radius 2 is 2.16 bits per heavy atom. The van der Waals surface area contributed by atoms with E-state index in [-0.39, 0.29) is 18.3 Å². The molecule has 0 aliphatic carbocycles. The lowest BCUT2D eigenvalue weighted by atomic mass is 9.91. The van der Waals surface area contributed by atoms with Crippen molar-refractivity contribution in [1.29, 1.82) is 0 Å². The summed E-state index contributed by atoms with van der Waals surface area (Å²) in [6.45, 7) is 3.65. The van der Waals surface area contributed by atoms with E-state index in [9.17, 15) is 14.3 Å². The van der Waals surface area contributed by atoms with E-state index in [0.29, 0.717) is 26.1 Å². The van der Waals surface area contributed by atoms with E-state index in [2.05, 4.69) is 10.3 Å². The quantitative estimate of drug-likeness (QED) is 0.826. The number of aryl methyl sites for hydroxylation is 1. The predicted octanol–water partition coefficient (Wildman–Crippen LogP) is 2.23.